The van der Waals surface area contributed by atoms with Crippen LogP contribution in [0.4, 0.5) is 0 Å². The molecular formula is C5H11O4P. The Bertz CT molecular complexity index is 159. The lowest BCUT2D eigenvalue weighted by Crippen LogP contribution is -1.99. The molecule has 0 unspecified atom stereocenters. The maximum absolute atomic E-state index is 10.5. The third-order valence-corrected chi connectivity index (χ3v) is 1.88. The van der Waals surface area contributed by atoms with Gasteiger partial charge in [0.25, 0.3) is 0 Å². The van der Waals surface area contributed by atoms with Crippen LogP contribution in [0.1, 0.15) is 19.8 Å². The van der Waals surface area contributed by atoms with Gasteiger partial charge in [-0.1, -0.05) is 6.92 Å². The number of carbonyl (C=O) groups excluding carboxylic acids is 1. The fraction of sp³-hybridized carbons (Fsp3) is 0.800. The van der Waals surface area contributed by atoms with Crippen molar-refractivity contribution in [2.75, 3.05) is 6.16 Å². The van der Waals surface area contributed by atoms with Gasteiger partial charge in [-0.3, -0.25) is 9.36 Å². The van der Waals surface area contributed by atoms with Gasteiger partial charge in [-0.05, 0) is 0 Å². The minimum atomic E-state index is -3.95. The van der Waals surface area contributed by atoms with Crippen molar-refractivity contribution in [1.82, 2.24) is 0 Å². The number of hydrogen-bond donors (Lipinski definition) is 2. The molecule has 4 nitrogen and oxygen atoms in total. The standard InChI is InChI=1S/C5H11O4P/c1-2-5(6)3-4-10(7,8)9/h2-4H2,1H3,(H2,7,8,9). The monoisotopic (exact) mass is 166 g/mol. The molecule has 0 rings (SSSR count). The zero-order chi connectivity index (χ0) is 8.20. The molecule has 0 atom stereocenters. The molecule has 0 aromatic carbocycles. The highest BCUT2D eigenvalue weighted by Gasteiger charge is 2.13. The summed E-state index contributed by atoms with van der Waals surface area (Å²) < 4.78 is 10.2. The maximum atomic E-state index is 10.5. The van der Waals surface area contributed by atoms with E-state index in [9.17, 15) is 9.36 Å². The highest BCUT2D eigenvalue weighted by Crippen LogP contribution is 2.34. The molecule has 0 saturated heterocycles. The average molecular weight is 166 g/mol. The van der Waals surface area contributed by atoms with Crippen LogP contribution in [0.3, 0.4) is 0 Å². The molecule has 0 aliphatic heterocycles. The highest BCUT2D eigenvalue weighted by molar-refractivity contribution is 7.51. The van der Waals surface area contributed by atoms with E-state index in [-0.39, 0.29) is 18.4 Å². The molecule has 0 aromatic rings. The Balaban J connectivity index is 3.56. The Morgan fingerprint density at radius 3 is 2.30 bits per heavy atom. The van der Waals surface area contributed by atoms with Gasteiger partial charge < -0.3 is 9.79 Å². The third-order valence-electron chi connectivity index (χ3n) is 1.08. The number of ketones is 1. The second kappa shape index (κ2) is 3.86. The lowest BCUT2D eigenvalue weighted by atomic mass is 10.2. The summed E-state index contributed by atoms with van der Waals surface area (Å²) >= 11 is 0. The van der Waals surface area contributed by atoms with Gasteiger partial charge in [-0.25, -0.2) is 0 Å². The zero-order valence-electron chi connectivity index (χ0n) is 5.78. The minimum absolute atomic E-state index is 0.0131. The molecule has 0 aromatic heterocycles. The van der Waals surface area contributed by atoms with Crippen molar-refractivity contribution in [2.45, 2.75) is 19.8 Å². The highest BCUT2D eigenvalue weighted by atomic mass is 31.2. The molecule has 2 N–H and O–H groups in total. The lowest BCUT2D eigenvalue weighted by Gasteiger charge is -2.00. The van der Waals surface area contributed by atoms with E-state index < -0.39 is 7.60 Å². The first kappa shape index (κ1) is 9.82. The van der Waals surface area contributed by atoms with Crippen LogP contribution in [-0.2, 0) is 9.36 Å². The van der Waals surface area contributed by atoms with Crippen LogP contribution in [-0.4, -0.2) is 21.7 Å². The molecular weight excluding hydrogens is 155 g/mol. The SMILES string of the molecule is CCC(=O)CCP(=O)(O)O. The van der Waals surface area contributed by atoms with Gasteiger partial charge in [0.2, 0.25) is 0 Å². The van der Waals surface area contributed by atoms with Gasteiger partial charge >= 0.3 is 7.60 Å². The average Bonchev–Trinajstić information content (AvgIpc) is 1.81. The van der Waals surface area contributed by atoms with Crippen molar-refractivity contribution >= 4 is 13.4 Å². The van der Waals surface area contributed by atoms with Gasteiger partial charge in [0.1, 0.15) is 5.78 Å². The van der Waals surface area contributed by atoms with Crippen LogP contribution in [0.5, 0.6) is 0 Å². The molecule has 0 radical (unpaired) electrons. The predicted octanol–water partition coefficient (Wildman–Crippen LogP) is 0.533. The molecule has 5 heteroatoms. The fourth-order valence-electron chi connectivity index (χ4n) is 0.447. The summed E-state index contributed by atoms with van der Waals surface area (Å²) in [6, 6.07) is 0. The van der Waals surface area contributed by atoms with Crippen LogP contribution in [0.25, 0.3) is 0 Å². The largest absolute Gasteiger partial charge is 0.326 e. The molecule has 10 heavy (non-hydrogen) atoms. The molecule has 0 spiro atoms. The van der Waals surface area contributed by atoms with Gasteiger partial charge in [0.15, 0.2) is 0 Å². The normalized spacial score (nSPS) is 11.5. The van der Waals surface area contributed by atoms with E-state index in [0.717, 1.165) is 0 Å². The van der Waals surface area contributed by atoms with E-state index in [0.29, 0.717) is 6.42 Å². The van der Waals surface area contributed by atoms with E-state index in [1.807, 2.05) is 0 Å². The van der Waals surface area contributed by atoms with E-state index in [1.54, 1.807) is 6.92 Å². The van der Waals surface area contributed by atoms with E-state index in [4.69, 9.17) is 9.79 Å². The first-order valence-electron chi connectivity index (χ1n) is 3.02. The van der Waals surface area contributed by atoms with Crippen molar-refractivity contribution in [3.63, 3.8) is 0 Å². The topological polar surface area (TPSA) is 74.6 Å². The number of rotatable bonds is 4. The first-order valence-corrected chi connectivity index (χ1v) is 4.81. The summed E-state index contributed by atoms with van der Waals surface area (Å²) in [4.78, 5) is 27.2. The zero-order valence-corrected chi connectivity index (χ0v) is 6.67. The summed E-state index contributed by atoms with van der Waals surface area (Å²) in [6.45, 7) is 1.67. The molecule has 0 bridgehead atoms. The summed E-state index contributed by atoms with van der Waals surface area (Å²) in [5.74, 6) is -0.108. The molecule has 0 heterocycles. The summed E-state index contributed by atoms with van der Waals surface area (Å²) in [5, 5.41) is 0. The van der Waals surface area contributed by atoms with E-state index >= 15 is 0 Å². The third kappa shape index (κ3) is 5.95. The Hall–Kier alpha value is -0.180. The second-order valence-electron chi connectivity index (χ2n) is 2.03. The number of carbonyl (C=O) groups is 1. The smallest absolute Gasteiger partial charge is 0.324 e. The van der Waals surface area contributed by atoms with Crippen molar-refractivity contribution in [1.29, 1.82) is 0 Å². The van der Waals surface area contributed by atoms with Crippen LogP contribution in [0.2, 0.25) is 0 Å². The van der Waals surface area contributed by atoms with Gasteiger partial charge in [0.05, 0.1) is 6.16 Å². The summed E-state index contributed by atoms with van der Waals surface area (Å²) in [7, 11) is -3.95. The van der Waals surface area contributed by atoms with E-state index in [2.05, 4.69) is 0 Å². The lowest BCUT2D eigenvalue weighted by molar-refractivity contribution is -0.118. The van der Waals surface area contributed by atoms with E-state index in [1.165, 1.54) is 0 Å². The van der Waals surface area contributed by atoms with Crippen molar-refractivity contribution in [3.05, 3.63) is 0 Å². The Morgan fingerprint density at radius 1 is 1.50 bits per heavy atom. The van der Waals surface area contributed by atoms with Crippen molar-refractivity contribution in [3.8, 4) is 0 Å². The molecule has 60 valence electrons. The quantitative estimate of drug-likeness (QED) is 0.597. The minimum Gasteiger partial charge on any atom is -0.324 e. The van der Waals surface area contributed by atoms with Crippen molar-refractivity contribution < 1.29 is 19.1 Å². The number of hydrogen-bond acceptors (Lipinski definition) is 2. The fourth-order valence-corrected chi connectivity index (χ4v) is 0.988. The van der Waals surface area contributed by atoms with Gasteiger partial charge in [-0.15, -0.1) is 0 Å². The molecule has 0 saturated carbocycles. The van der Waals surface area contributed by atoms with Gasteiger partial charge in [0, 0.05) is 12.8 Å². The number of Topliss-reactive ketones (excluding diaryl/α,β-unsaturated/α-hetero) is 1. The van der Waals surface area contributed by atoms with Crippen LogP contribution in [0.15, 0.2) is 0 Å². The maximum Gasteiger partial charge on any atom is 0.326 e. The van der Waals surface area contributed by atoms with Crippen molar-refractivity contribution in [2.24, 2.45) is 0 Å². The molecule has 0 amide bonds. The van der Waals surface area contributed by atoms with Gasteiger partial charge in [-0.2, -0.15) is 0 Å². The first-order chi connectivity index (χ1) is 4.45. The Kier molecular flexibility index (Phi) is 3.79. The predicted molar refractivity (Wildman–Crippen MR) is 36.8 cm³/mol. The Morgan fingerprint density at radius 2 is 2.00 bits per heavy atom. The molecule has 0 fully saturated rings. The second-order valence-corrected chi connectivity index (χ2v) is 3.81. The molecule has 0 aliphatic carbocycles. The van der Waals surface area contributed by atoms with Crippen LogP contribution >= 0.6 is 7.60 Å². The van der Waals surface area contributed by atoms with Crippen LogP contribution in [0, 0.1) is 0 Å². The summed E-state index contributed by atoms with van der Waals surface area (Å²) in [5.41, 5.74) is 0. The Labute approximate surface area is 59.4 Å². The van der Waals surface area contributed by atoms with Crippen LogP contribution < -0.4 is 0 Å². The summed E-state index contributed by atoms with van der Waals surface area (Å²) in [6.07, 6.45) is 0.0143. The molecule has 0 aliphatic rings.